The van der Waals surface area contributed by atoms with Gasteiger partial charge in [0.15, 0.2) is 0 Å². The van der Waals surface area contributed by atoms with Gasteiger partial charge in [0, 0.05) is 17.1 Å². The highest BCUT2D eigenvalue weighted by Gasteiger charge is 2.25. The number of hydrogen-bond donors (Lipinski definition) is 1. The highest BCUT2D eigenvalue weighted by atomic mass is 32.1. The van der Waals surface area contributed by atoms with Crippen molar-refractivity contribution in [3.8, 4) is 16.3 Å². The zero-order chi connectivity index (χ0) is 23.1. The Bertz CT molecular complexity index is 1550. The third-order valence-electron chi connectivity index (χ3n) is 6.23. The van der Waals surface area contributed by atoms with Gasteiger partial charge >= 0.3 is 5.97 Å². The monoisotopic (exact) mass is 463 g/mol. The van der Waals surface area contributed by atoms with Crippen LogP contribution in [0.2, 0.25) is 0 Å². The molecule has 0 aliphatic heterocycles. The number of carboxylic acid groups (broad SMARTS) is 1. The van der Waals surface area contributed by atoms with Crippen molar-refractivity contribution in [2.45, 2.75) is 19.3 Å². The summed E-state index contributed by atoms with van der Waals surface area (Å²) in [6.07, 6.45) is 6.64. The molecule has 1 aliphatic carbocycles. The van der Waals surface area contributed by atoms with Gasteiger partial charge in [-0.25, -0.2) is 14.5 Å². The fourth-order valence-electron chi connectivity index (χ4n) is 4.72. The second-order valence-electron chi connectivity index (χ2n) is 8.35. The van der Waals surface area contributed by atoms with Crippen LogP contribution >= 0.6 is 11.3 Å². The van der Waals surface area contributed by atoms with E-state index in [1.54, 1.807) is 11.3 Å². The van der Waals surface area contributed by atoms with E-state index < -0.39 is 5.97 Å². The second-order valence-corrected chi connectivity index (χ2v) is 9.30. The van der Waals surface area contributed by atoms with Crippen LogP contribution in [0.3, 0.4) is 0 Å². The zero-order valence-corrected chi connectivity index (χ0v) is 19.1. The number of benzene rings is 2. The van der Waals surface area contributed by atoms with E-state index in [1.807, 2.05) is 71.5 Å². The molecule has 0 saturated heterocycles. The SMILES string of the molecule is O=C(O)c1c2c(nc3ccccc13)C(=Cc1cn(-c3ccccc3)nc1-c1cccs1)CCC2. The standard InChI is InChI=1S/C28H21N3O2S/c32-28(33)25-21-11-4-5-13-23(21)29-26-18(8-6-12-22(25)26)16-19-17-31(20-9-2-1-3-10-20)30-27(19)24-14-7-15-34-24/h1-5,7,9-11,13-17H,6,8,12H2,(H,32,33). The van der Waals surface area contributed by atoms with Crippen LogP contribution < -0.4 is 0 Å². The minimum absolute atomic E-state index is 0.379. The highest BCUT2D eigenvalue weighted by molar-refractivity contribution is 7.13. The van der Waals surface area contributed by atoms with Crippen molar-refractivity contribution >= 4 is 39.9 Å². The maximum Gasteiger partial charge on any atom is 0.336 e. The number of hydrogen-bond acceptors (Lipinski definition) is 4. The summed E-state index contributed by atoms with van der Waals surface area (Å²) in [4.78, 5) is 18.3. The fraction of sp³-hybridized carbons (Fsp3) is 0.107. The van der Waals surface area contributed by atoms with Crippen LogP contribution in [-0.2, 0) is 6.42 Å². The molecular formula is C28H21N3O2S. The third kappa shape index (κ3) is 3.53. The van der Waals surface area contributed by atoms with Gasteiger partial charge in [0.25, 0.3) is 0 Å². The Morgan fingerprint density at radius 3 is 2.59 bits per heavy atom. The third-order valence-corrected chi connectivity index (χ3v) is 7.11. The highest BCUT2D eigenvalue weighted by Crippen LogP contribution is 2.38. The Kier molecular flexibility index (Phi) is 5.08. The molecule has 1 aliphatic rings. The number of aromatic nitrogens is 3. The summed E-state index contributed by atoms with van der Waals surface area (Å²) >= 11 is 1.66. The van der Waals surface area contributed by atoms with Gasteiger partial charge in [-0.05, 0) is 66.1 Å². The van der Waals surface area contributed by atoms with Crippen molar-refractivity contribution in [1.82, 2.24) is 14.8 Å². The number of thiophene rings is 1. The maximum absolute atomic E-state index is 12.3. The van der Waals surface area contributed by atoms with E-state index in [0.717, 1.165) is 51.5 Å². The Morgan fingerprint density at radius 2 is 1.79 bits per heavy atom. The largest absolute Gasteiger partial charge is 0.478 e. The molecule has 5 nitrogen and oxygen atoms in total. The van der Waals surface area contributed by atoms with Crippen LogP contribution in [0.1, 0.15) is 40.0 Å². The average Bonchev–Trinajstić information content (AvgIpc) is 3.53. The van der Waals surface area contributed by atoms with Crippen LogP contribution in [-0.4, -0.2) is 25.8 Å². The van der Waals surface area contributed by atoms with Gasteiger partial charge in [0.1, 0.15) is 5.69 Å². The summed E-state index contributed by atoms with van der Waals surface area (Å²) in [6, 6.07) is 21.7. The molecule has 6 rings (SSSR count). The minimum atomic E-state index is -0.896. The summed E-state index contributed by atoms with van der Waals surface area (Å²) in [7, 11) is 0. The van der Waals surface area contributed by atoms with Crippen molar-refractivity contribution in [2.75, 3.05) is 0 Å². The van der Waals surface area contributed by atoms with Crippen molar-refractivity contribution < 1.29 is 9.90 Å². The molecule has 0 bridgehead atoms. The molecule has 3 heterocycles. The molecule has 0 spiro atoms. The second kappa shape index (κ2) is 8.39. The van der Waals surface area contributed by atoms with E-state index >= 15 is 0 Å². The summed E-state index contributed by atoms with van der Waals surface area (Å²) in [6.45, 7) is 0. The molecule has 0 radical (unpaired) electrons. The first-order valence-electron chi connectivity index (χ1n) is 11.2. The average molecular weight is 464 g/mol. The van der Waals surface area contributed by atoms with Crippen molar-refractivity contribution in [1.29, 1.82) is 0 Å². The lowest BCUT2D eigenvalue weighted by Crippen LogP contribution is -2.13. The van der Waals surface area contributed by atoms with Crippen molar-refractivity contribution in [3.63, 3.8) is 0 Å². The Balaban J connectivity index is 1.56. The van der Waals surface area contributed by atoms with Gasteiger partial charge in [-0.15, -0.1) is 11.3 Å². The van der Waals surface area contributed by atoms with Crippen LogP contribution in [0.4, 0.5) is 0 Å². The minimum Gasteiger partial charge on any atom is -0.478 e. The normalized spacial score (nSPS) is 14.4. The van der Waals surface area contributed by atoms with E-state index in [9.17, 15) is 9.90 Å². The summed E-state index contributed by atoms with van der Waals surface area (Å²) in [5.74, 6) is -0.896. The van der Waals surface area contributed by atoms with Crippen molar-refractivity contribution in [3.05, 3.63) is 101 Å². The van der Waals surface area contributed by atoms with Gasteiger partial charge in [-0.1, -0.05) is 42.5 Å². The summed E-state index contributed by atoms with van der Waals surface area (Å²) < 4.78 is 1.90. The Labute approximate surface area is 200 Å². The first-order valence-corrected chi connectivity index (χ1v) is 12.1. The quantitative estimate of drug-likeness (QED) is 0.321. The van der Waals surface area contributed by atoms with E-state index in [2.05, 4.69) is 17.5 Å². The van der Waals surface area contributed by atoms with Gasteiger partial charge < -0.3 is 5.11 Å². The summed E-state index contributed by atoms with van der Waals surface area (Å²) in [5, 5.41) is 17.7. The molecule has 34 heavy (non-hydrogen) atoms. The molecule has 3 aromatic heterocycles. The predicted octanol–water partition coefficient (Wildman–Crippen LogP) is 6.72. The van der Waals surface area contributed by atoms with Gasteiger partial charge in [-0.2, -0.15) is 5.10 Å². The van der Waals surface area contributed by atoms with E-state index in [4.69, 9.17) is 10.1 Å². The fourth-order valence-corrected chi connectivity index (χ4v) is 5.45. The van der Waals surface area contributed by atoms with E-state index in [1.165, 1.54) is 0 Å². The smallest absolute Gasteiger partial charge is 0.336 e. The number of nitrogens with zero attached hydrogens (tertiary/aromatic N) is 3. The topological polar surface area (TPSA) is 68.0 Å². The number of para-hydroxylation sites is 2. The molecule has 166 valence electrons. The lowest BCUT2D eigenvalue weighted by atomic mass is 9.86. The molecule has 2 aromatic carbocycles. The summed E-state index contributed by atoms with van der Waals surface area (Å²) in [5.41, 5.74) is 6.68. The van der Waals surface area contributed by atoms with Gasteiger partial charge in [0.05, 0.1) is 27.3 Å². The molecule has 0 atom stereocenters. The maximum atomic E-state index is 12.3. The predicted molar refractivity (Wildman–Crippen MR) is 136 cm³/mol. The number of rotatable bonds is 4. The molecular weight excluding hydrogens is 442 g/mol. The molecule has 0 saturated carbocycles. The lowest BCUT2D eigenvalue weighted by molar-refractivity contribution is 0.0697. The van der Waals surface area contributed by atoms with Gasteiger partial charge in [-0.3, -0.25) is 0 Å². The van der Waals surface area contributed by atoms with Crippen LogP contribution in [0.25, 0.3) is 38.8 Å². The first kappa shape index (κ1) is 20.6. The van der Waals surface area contributed by atoms with Crippen LogP contribution in [0.15, 0.2) is 78.3 Å². The van der Waals surface area contributed by atoms with Crippen molar-refractivity contribution in [2.24, 2.45) is 0 Å². The molecule has 1 N–H and O–H groups in total. The van der Waals surface area contributed by atoms with Gasteiger partial charge in [0.2, 0.25) is 0 Å². The zero-order valence-electron chi connectivity index (χ0n) is 18.3. The first-order chi connectivity index (χ1) is 16.7. The van der Waals surface area contributed by atoms with Crippen LogP contribution in [0.5, 0.6) is 0 Å². The lowest BCUT2D eigenvalue weighted by Gasteiger charge is -2.21. The van der Waals surface area contributed by atoms with Crippen LogP contribution in [0, 0.1) is 0 Å². The molecule has 6 heteroatoms. The molecule has 0 fully saturated rings. The number of carbonyl (C=O) groups is 1. The number of allylic oxidation sites excluding steroid dienone is 1. The molecule has 0 amide bonds. The van der Waals surface area contributed by atoms with E-state index in [0.29, 0.717) is 22.9 Å². The van der Waals surface area contributed by atoms with E-state index in [-0.39, 0.29) is 0 Å². The number of carboxylic acids is 1. The Morgan fingerprint density at radius 1 is 0.971 bits per heavy atom. The number of aromatic carboxylic acids is 1. The number of pyridine rings is 1. The molecule has 5 aromatic rings. The molecule has 0 unspecified atom stereocenters. The Hall–Kier alpha value is -4.03. The number of fused-ring (bicyclic) bond motifs is 2.